The number of hydrogen-bond acceptors (Lipinski definition) is 2. The normalized spacial score (nSPS) is 9.29. The van der Waals surface area contributed by atoms with Crippen LogP contribution in [-0.2, 0) is 5.11 Å². The fourth-order valence-corrected chi connectivity index (χ4v) is 0.477. The second-order valence-electron chi connectivity index (χ2n) is 0.910. The number of nitrogens with one attached hydrogen (secondary N) is 1. The average molecular weight is 163 g/mol. The maximum Gasteiger partial charge on any atom is 0.363 e. The average Bonchev–Trinajstić information content (AvgIpc) is 1.87. The van der Waals surface area contributed by atoms with Gasteiger partial charge in [0, 0.05) is 0 Å². The van der Waals surface area contributed by atoms with Gasteiger partial charge in [-0.25, -0.2) is 10.2 Å². The van der Waals surface area contributed by atoms with Crippen LogP contribution in [0.15, 0.2) is 4.73 Å². The molecule has 0 amide bonds. The van der Waals surface area contributed by atoms with Gasteiger partial charge in [-0.2, -0.15) is 4.98 Å². The van der Waals surface area contributed by atoms with E-state index >= 15 is 0 Å². The number of hydrogen-bond donors (Lipinski definition) is 1. The van der Waals surface area contributed by atoms with Crippen LogP contribution in [0.2, 0.25) is 0 Å². The third-order valence-electron chi connectivity index (χ3n) is 0.438. The van der Waals surface area contributed by atoms with E-state index in [9.17, 15) is 5.11 Å². The number of aromatic amines is 1. The largest absolute Gasteiger partial charge is 0.363 e. The molecule has 0 spiro atoms. The predicted octanol–water partition coefficient (Wildman–Crippen LogP) is 0.711. The van der Waals surface area contributed by atoms with Gasteiger partial charge in [0.25, 0.3) is 0 Å². The minimum atomic E-state index is -0.424. The molecule has 5 heteroatoms. The van der Waals surface area contributed by atoms with Crippen molar-refractivity contribution in [1.29, 1.82) is 0 Å². The van der Waals surface area contributed by atoms with Crippen LogP contribution in [0.1, 0.15) is 0 Å². The van der Waals surface area contributed by atoms with Gasteiger partial charge in [0.15, 0.2) is 0 Å². The van der Waals surface area contributed by atoms with Crippen LogP contribution >= 0.6 is 15.9 Å². The molecule has 0 aliphatic heterocycles. The minimum Gasteiger partial charge on any atom is -0.244 e. The molecule has 0 aromatic carbocycles. The van der Waals surface area contributed by atoms with Gasteiger partial charge >= 0.3 is 6.01 Å². The van der Waals surface area contributed by atoms with Crippen molar-refractivity contribution in [3.05, 3.63) is 4.73 Å². The molecule has 7 heavy (non-hydrogen) atoms. The summed E-state index contributed by atoms with van der Waals surface area (Å²) in [5.41, 5.74) is 0. The Balaban J connectivity index is 3.04. The van der Waals surface area contributed by atoms with Gasteiger partial charge in [0.2, 0.25) is 4.73 Å². The lowest BCUT2D eigenvalue weighted by molar-refractivity contribution is 0.321. The number of H-pyrrole nitrogens is 1. The van der Waals surface area contributed by atoms with Crippen molar-refractivity contribution in [2.24, 2.45) is 0 Å². The molecule has 4 nitrogen and oxygen atoms in total. The maximum atomic E-state index is 10.0. The van der Waals surface area contributed by atoms with E-state index in [1.807, 2.05) is 0 Å². The molecule has 0 saturated carbocycles. The van der Waals surface area contributed by atoms with Gasteiger partial charge in [0.1, 0.15) is 0 Å². The van der Waals surface area contributed by atoms with Crippen LogP contribution in [0.5, 0.6) is 6.01 Å². The summed E-state index contributed by atoms with van der Waals surface area (Å²) in [7, 11) is 0. The molecular weight excluding hydrogens is 162 g/mol. The molecule has 0 fully saturated rings. The Hall–Kier alpha value is -0.580. The molecule has 1 heterocycles. The SMILES string of the molecule is [O]c1nc(Br)n[nH]1. The summed E-state index contributed by atoms with van der Waals surface area (Å²) >= 11 is 2.88. The zero-order valence-corrected chi connectivity index (χ0v) is 4.77. The second kappa shape index (κ2) is 1.49. The third kappa shape index (κ3) is 0.894. The summed E-state index contributed by atoms with van der Waals surface area (Å²) in [6.45, 7) is 0. The van der Waals surface area contributed by atoms with Crippen molar-refractivity contribution in [2.75, 3.05) is 0 Å². The van der Waals surface area contributed by atoms with Crippen LogP contribution < -0.4 is 0 Å². The molecule has 37 valence electrons. The topological polar surface area (TPSA) is 61.5 Å². The summed E-state index contributed by atoms with van der Waals surface area (Å²) in [5.74, 6) is 0. The molecule has 1 aromatic heterocycles. The van der Waals surface area contributed by atoms with E-state index < -0.39 is 6.01 Å². The number of nitrogens with zero attached hydrogens (tertiary/aromatic N) is 2. The second-order valence-corrected chi connectivity index (χ2v) is 1.62. The number of aromatic nitrogens is 3. The van der Waals surface area contributed by atoms with E-state index in [-0.39, 0.29) is 0 Å². The highest BCUT2D eigenvalue weighted by molar-refractivity contribution is 9.10. The fraction of sp³-hybridized carbons (Fsp3) is 0. The van der Waals surface area contributed by atoms with Crippen LogP contribution in [0.4, 0.5) is 0 Å². The van der Waals surface area contributed by atoms with Crippen molar-refractivity contribution >= 4 is 15.9 Å². The van der Waals surface area contributed by atoms with Crippen molar-refractivity contribution in [1.82, 2.24) is 15.2 Å². The summed E-state index contributed by atoms with van der Waals surface area (Å²) < 4.78 is 0.303. The number of rotatable bonds is 0. The Kier molecular flexibility index (Phi) is 0.976. The van der Waals surface area contributed by atoms with E-state index in [1.54, 1.807) is 0 Å². The maximum absolute atomic E-state index is 10.0. The third-order valence-corrected chi connectivity index (χ3v) is 0.792. The lowest BCUT2D eigenvalue weighted by Crippen LogP contribution is -1.61. The van der Waals surface area contributed by atoms with Crippen molar-refractivity contribution in [3.8, 4) is 6.01 Å². The molecule has 1 radical (unpaired) electrons. The Morgan fingerprint density at radius 3 is 2.57 bits per heavy atom. The molecule has 1 rings (SSSR count). The lowest BCUT2D eigenvalue weighted by Gasteiger charge is -1.61. The van der Waals surface area contributed by atoms with E-state index in [0.717, 1.165) is 0 Å². The predicted molar refractivity (Wildman–Crippen MR) is 24.2 cm³/mol. The van der Waals surface area contributed by atoms with Crippen LogP contribution in [0.25, 0.3) is 0 Å². The highest BCUT2D eigenvalue weighted by Gasteiger charge is 1.93. The van der Waals surface area contributed by atoms with Gasteiger partial charge in [-0.1, -0.05) is 0 Å². The molecule has 0 unspecified atom stereocenters. The summed E-state index contributed by atoms with van der Waals surface area (Å²) in [5, 5.41) is 15.5. The monoisotopic (exact) mass is 162 g/mol. The smallest absolute Gasteiger partial charge is 0.244 e. The zero-order chi connectivity index (χ0) is 5.28. The first kappa shape index (κ1) is 4.58. The zero-order valence-electron chi connectivity index (χ0n) is 3.18. The molecule has 0 bridgehead atoms. The van der Waals surface area contributed by atoms with E-state index in [1.165, 1.54) is 0 Å². The van der Waals surface area contributed by atoms with E-state index in [2.05, 4.69) is 31.1 Å². The van der Waals surface area contributed by atoms with E-state index in [4.69, 9.17) is 0 Å². The van der Waals surface area contributed by atoms with E-state index in [0.29, 0.717) is 4.73 Å². The van der Waals surface area contributed by atoms with Crippen LogP contribution in [0.3, 0.4) is 0 Å². The van der Waals surface area contributed by atoms with Gasteiger partial charge in [-0.05, 0) is 15.9 Å². The van der Waals surface area contributed by atoms with Crippen LogP contribution in [-0.4, -0.2) is 15.2 Å². The van der Waals surface area contributed by atoms with Gasteiger partial charge in [-0.15, -0.1) is 5.10 Å². The summed E-state index contributed by atoms with van der Waals surface area (Å²) in [4.78, 5) is 3.31. The molecule has 0 saturated heterocycles. The molecular formula is C2HBrN3O. The fourth-order valence-electron chi connectivity index (χ4n) is 0.228. The lowest BCUT2D eigenvalue weighted by atomic mass is 11.2. The van der Waals surface area contributed by atoms with Gasteiger partial charge in [0.05, 0.1) is 0 Å². The van der Waals surface area contributed by atoms with Crippen molar-refractivity contribution in [3.63, 3.8) is 0 Å². The highest BCUT2D eigenvalue weighted by Crippen LogP contribution is 2.03. The Morgan fingerprint density at radius 2 is 2.43 bits per heavy atom. The molecule has 0 aliphatic carbocycles. The molecule has 1 aromatic rings. The minimum absolute atomic E-state index is 0.303. The summed E-state index contributed by atoms with van der Waals surface area (Å²) in [6, 6.07) is -0.424. The highest BCUT2D eigenvalue weighted by atomic mass is 79.9. The first-order valence-corrected chi connectivity index (χ1v) is 2.33. The first-order valence-electron chi connectivity index (χ1n) is 1.54. The first-order chi connectivity index (χ1) is 3.29. The quantitative estimate of drug-likeness (QED) is 0.612. The standard InChI is InChI=1S/C2HBrN3O/c3-1-4-2(7)6-5-1/h(H,4,5,6). The Bertz CT molecular complexity index is 145. The van der Waals surface area contributed by atoms with Crippen molar-refractivity contribution < 1.29 is 5.11 Å². The van der Waals surface area contributed by atoms with Gasteiger partial charge < -0.3 is 0 Å². The number of halogens is 1. The summed E-state index contributed by atoms with van der Waals surface area (Å²) in [6.07, 6.45) is 0. The van der Waals surface area contributed by atoms with Crippen molar-refractivity contribution in [2.45, 2.75) is 0 Å². The molecule has 0 aliphatic rings. The Labute approximate surface area is 47.7 Å². The molecule has 1 N–H and O–H groups in total. The van der Waals surface area contributed by atoms with Gasteiger partial charge in [-0.3, -0.25) is 0 Å². The van der Waals surface area contributed by atoms with Crippen LogP contribution in [0, 0.1) is 0 Å². The molecule has 0 atom stereocenters. The Morgan fingerprint density at radius 1 is 1.71 bits per heavy atom.